The number of halogens is 18. The molecule has 6 aromatic rings. The molecule has 519 valence electrons. The van der Waals surface area contributed by atoms with Crippen LogP contribution in [-0.2, 0) is 55.5 Å². The maximum Gasteiger partial charge on any atom is 3.00 e. The summed E-state index contributed by atoms with van der Waals surface area (Å²) >= 11 is 0. The number of benzene rings is 6. The van der Waals surface area contributed by atoms with E-state index in [9.17, 15) is 84.1 Å². The second-order valence-corrected chi connectivity index (χ2v) is 19.4. The third-order valence-corrected chi connectivity index (χ3v) is 11.4. The number of ether oxygens (including phenoxy) is 2. The minimum atomic E-state index is -5.06. The van der Waals surface area contributed by atoms with Crippen LogP contribution in [-0.4, -0.2) is 87.6 Å². The van der Waals surface area contributed by atoms with Crippen molar-refractivity contribution in [2.24, 2.45) is 11.7 Å². The summed E-state index contributed by atoms with van der Waals surface area (Å²) in [5.74, 6) is -0.203. The number of aliphatic hydroxyl groups is 1. The SMILES string of the molecule is CC1CC1.Cc1cccc(C(CN)(Cc2ccccc2)c2cccc(C)c2)c1.F[C-](F)F.F[C-](F)F.F[C-](F)F.O=S(=O)=O.O=S(=O)=O.O=S(=O)=O.O[C@@H](CNCC(Cc1ccccc1)(c1cccc(OC(F)(F)F)c1)c1cccc(OC(F)(F)F)c1)C(F)(F)F.[Yb+3]. The van der Waals surface area contributed by atoms with E-state index in [2.05, 4.69) is 114 Å². The van der Waals surface area contributed by atoms with Gasteiger partial charge in [0.1, 0.15) is 11.5 Å². The number of alkyl halides is 9. The summed E-state index contributed by atoms with van der Waals surface area (Å²) in [5, 5.41) is 12.0. The summed E-state index contributed by atoms with van der Waals surface area (Å²) in [5.41, 5.74) is 11.8. The van der Waals surface area contributed by atoms with Gasteiger partial charge >= 0.3 is 97.7 Å². The van der Waals surface area contributed by atoms with Gasteiger partial charge in [0.25, 0.3) is 0 Å². The standard InChI is InChI=1S/C26H22F9NO3.C23H25N.C4H8.3CF3.3O3S.Yb/c27-24(28,29)22(37)15-36-16-23(14-17-6-2-1-3-7-17,18-8-4-10-20(12-18)38-25(30,31)32)19-9-5-11-21(13-19)39-26(33,34)35;1-18-8-6-12-21(14-18)23(17-24,16-20-10-4-3-5-11-20)22-13-7-9-19(2)15-22;1-4-2-3-4;3*2-1(3)4;3*1-4(2)3;/h1-13,22,36-37H,14-16H2;3-15H,16-17,24H2,1-2H3;4H,2-3H2,1H3;;;;;;;/q;;;3*-1;;;;+3/t22-;;;;;;;;;/m0........./s1. The van der Waals surface area contributed by atoms with Gasteiger partial charge in [-0.15, -0.1) is 64.2 Å². The first-order chi connectivity index (χ1) is 42.0. The molecule has 0 unspecified atom stereocenters. The molecule has 0 amide bonds. The smallest absolute Gasteiger partial charge is 0.406 e. The van der Waals surface area contributed by atoms with Crippen molar-refractivity contribution in [3.05, 3.63) is 222 Å². The van der Waals surface area contributed by atoms with Crippen molar-refractivity contribution in [1.29, 1.82) is 0 Å². The van der Waals surface area contributed by atoms with Crippen LogP contribution in [0.3, 0.4) is 0 Å². The van der Waals surface area contributed by atoms with E-state index in [0.717, 1.165) is 36.6 Å². The zero-order valence-electron chi connectivity index (χ0n) is 47.4. The number of aliphatic hydroxyl groups excluding tert-OH is 1. The predicted molar refractivity (Wildman–Crippen MR) is 292 cm³/mol. The summed E-state index contributed by atoms with van der Waals surface area (Å²) < 4.78 is 287. The molecule has 36 heteroatoms. The number of nitrogens with two attached hydrogens (primary N) is 1. The Bertz CT molecular complexity index is 3150. The van der Waals surface area contributed by atoms with Crippen LogP contribution in [0.15, 0.2) is 158 Å². The molecule has 1 atom stereocenters. The molecule has 14 nitrogen and oxygen atoms in total. The molecule has 0 heterocycles. The molecule has 0 spiro atoms. The van der Waals surface area contributed by atoms with E-state index >= 15 is 0 Å². The van der Waals surface area contributed by atoms with Crippen molar-refractivity contribution in [2.75, 3.05) is 19.6 Å². The zero-order valence-corrected chi connectivity index (χ0v) is 51.6. The van der Waals surface area contributed by atoms with Gasteiger partial charge in [-0.1, -0.05) is 164 Å². The van der Waals surface area contributed by atoms with Crippen LogP contribution in [0.1, 0.15) is 64.3 Å². The van der Waals surface area contributed by atoms with E-state index in [1.807, 2.05) is 0 Å². The van der Waals surface area contributed by atoms with Crippen LogP contribution < -0.4 is 20.5 Å². The van der Waals surface area contributed by atoms with Crippen molar-refractivity contribution in [1.82, 2.24) is 5.32 Å². The molecule has 7 rings (SSSR count). The molecule has 1 saturated carbocycles. The van der Waals surface area contributed by atoms with Crippen LogP contribution in [0, 0.1) is 86.7 Å². The number of aryl methyl sites for hydroxylation is 2. The summed E-state index contributed by atoms with van der Waals surface area (Å²) in [6.45, 7) is -3.53. The third kappa shape index (κ3) is 45.3. The van der Waals surface area contributed by atoms with Gasteiger partial charge in [-0.05, 0) is 90.3 Å². The maximum atomic E-state index is 13.0. The van der Waals surface area contributed by atoms with E-state index in [0.29, 0.717) is 12.1 Å². The molecule has 1 aliphatic carbocycles. The number of rotatable bonds is 15. The van der Waals surface area contributed by atoms with Gasteiger partial charge < -0.3 is 65.1 Å². The Hall–Kier alpha value is -6.08. The van der Waals surface area contributed by atoms with Crippen LogP contribution in [0.5, 0.6) is 11.5 Å². The monoisotopic (exact) mass is 1560 g/mol. The Morgan fingerprint density at radius 1 is 0.489 bits per heavy atom. The topological polar surface area (TPSA) is 230 Å². The van der Waals surface area contributed by atoms with E-state index in [4.69, 9.17) is 43.6 Å². The predicted octanol–water partition coefficient (Wildman–Crippen LogP) is 13.7. The summed E-state index contributed by atoms with van der Waals surface area (Å²) in [6.07, 6.45) is -14.1. The summed E-state index contributed by atoms with van der Waals surface area (Å²) in [4.78, 5) is 0. The van der Waals surface area contributed by atoms with Crippen LogP contribution in [0.2, 0.25) is 0 Å². The fourth-order valence-corrected chi connectivity index (χ4v) is 7.78. The average Bonchev–Trinajstić information content (AvgIpc) is 1.23. The average molecular weight is 1560 g/mol. The molecule has 0 aromatic heterocycles. The Labute approximate surface area is 559 Å². The molecule has 1 radical (unpaired) electrons. The van der Waals surface area contributed by atoms with Crippen molar-refractivity contribution in [2.45, 2.75) is 82.3 Å². The Balaban J connectivity index is -0.00000125. The van der Waals surface area contributed by atoms with E-state index in [1.165, 1.54) is 64.9 Å². The molecule has 6 aromatic carbocycles. The van der Waals surface area contributed by atoms with Gasteiger partial charge in [0.2, 0.25) is 0 Å². The molecule has 0 aliphatic heterocycles. The molecule has 0 saturated heterocycles. The van der Waals surface area contributed by atoms with Crippen LogP contribution in [0.25, 0.3) is 0 Å². The second kappa shape index (κ2) is 46.1. The van der Waals surface area contributed by atoms with Gasteiger partial charge in [-0.25, -0.2) is 0 Å². The minimum absolute atomic E-state index is 0. The van der Waals surface area contributed by atoms with Crippen molar-refractivity contribution < 1.29 is 178 Å². The number of nitrogens with one attached hydrogen (secondary N) is 1. The first kappa shape index (κ1) is 90.1. The largest absolute Gasteiger partial charge is 3.00 e. The minimum Gasteiger partial charge on any atom is -0.406 e. The van der Waals surface area contributed by atoms with Crippen LogP contribution >= 0.6 is 0 Å². The molecule has 0 bridgehead atoms. The van der Waals surface area contributed by atoms with Gasteiger partial charge in [-0.3, -0.25) is 0 Å². The molecule has 1 aliphatic rings. The van der Waals surface area contributed by atoms with Gasteiger partial charge in [0.05, 0.1) is 0 Å². The van der Waals surface area contributed by atoms with Crippen molar-refractivity contribution in [3.63, 3.8) is 0 Å². The Kier molecular flexibility index (Phi) is 45.1. The Morgan fingerprint density at radius 3 is 1.01 bits per heavy atom. The van der Waals surface area contributed by atoms with Crippen LogP contribution in [0.4, 0.5) is 79.0 Å². The van der Waals surface area contributed by atoms with E-state index < -0.39 is 107 Å². The quantitative estimate of drug-likeness (QED) is 0.0642. The normalized spacial score (nSPS) is 11.9. The molecular weight excluding hydrogens is 1500 g/mol. The van der Waals surface area contributed by atoms with E-state index in [1.54, 1.807) is 30.3 Å². The van der Waals surface area contributed by atoms with Gasteiger partial charge in [0.15, 0.2) is 26.1 Å². The fraction of sp³-hybridized carbons (Fsp3) is 0.304. The molecular formula is C56H55F18N2O12S3Yb. The van der Waals surface area contributed by atoms with Crippen molar-refractivity contribution >= 4 is 31.8 Å². The van der Waals surface area contributed by atoms with Gasteiger partial charge in [-0.2, -0.15) is 13.2 Å². The Morgan fingerprint density at radius 2 is 0.761 bits per heavy atom. The molecule has 4 N–H and O–H groups in total. The molecule has 92 heavy (non-hydrogen) atoms. The fourth-order valence-electron chi connectivity index (χ4n) is 7.78. The number of hydrogen-bond acceptors (Lipinski definition) is 14. The second-order valence-electron chi connectivity index (χ2n) is 18.2. The maximum absolute atomic E-state index is 13.0. The first-order valence-corrected chi connectivity index (χ1v) is 27.9. The molecule has 1 fully saturated rings. The summed E-state index contributed by atoms with van der Waals surface area (Å²) in [6, 6.07) is 45.7. The number of hydrogen-bond donors (Lipinski definition) is 3. The first-order valence-electron chi connectivity index (χ1n) is 24.9. The van der Waals surface area contributed by atoms with Gasteiger partial charge in [0, 0.05) is 30.5 Å². The zero-order chi connectivity index (χ0) is 70.3. The summed E-state index contributed by atoms with van der Waals surface area (Å²) in [7, 11) is -9.33. The third-order valence-electron chi connectivity index (χ3n) is 11.4. The van der Waals surface area contributed by atoms with Crippen molar-refractivity contribution in [3.8, 4) is 11.5 Å². The van der Waals surface area contributed by atoms with E-state index in [-0.39, 0.29) is 69.9 Å².